The standard InChI is InChI=1S/C19H17N3O6S/c20-18(23)13-6-9-16(10-7-13)29(25,26)22-21-19(24)17-11-8-15(28-17)12-27-14-4-2-1-3-5-14/h1-11,22H,12H2,(H2,20,23)(H,21,24). The first-order valence-electron chi connectivity index (χ1n) is 8.34. The van der Waals surface area contributed by atoms with Crippen LogP contribution in [0.4, 0.5) is 0 Å². The smallest absolute Gasteiger partial charge is 0.301 e. The van der Waals surface area contributed by atoms with Crippen molar-refractivity contribution in [1.82, 2.24) is 10.3 Å². The van der Waals surface area contributed by atoms with E-state index in [1.807, 2.05) is 23.0 Å². The van der Waals surface area contributed by atoms with Crippen molar-refractivity contribution in [3.05, 3.63) is 83.8 Å². The van der Waals surface area contributed by atoms with Crippen LogP contribution in [-0.2, 0) is 16.6 Å². The van der Waals surface area contributed by atoms with Crippen LogP contribution in [0.3, 0.4) is 0 Å². The summed E-state index contributed by atoms with van der Waals surface area (Å²) < 4.78 is 35.3. The number of rotatable bonds is 8. The molecule has 3 rings (SSSR count). The van der Waals surface area contributed by atoms with Crippen molar-refractivity contribution in [3.63, 3.8) is 0 Å². The summed E-state index contributed by atoms with van der Waals surface area (Å²) in [6.07, 6.45) is 0. The van der Waals surface area contributed by atoms with Crippen molar-refractivity contribution in [2.75, 3.05) is 0 Å². The summed E-state index contributed by atoms with van der Waals surface area (Å²) in [4.78, 5) is 25.0. The maximum atomic E-state index is 12.2. The second-order valence-electron chi connectivity index (χ2n) is 5.82. The number of carbonyl (C=O) groups is 2. The first-order valence-corrected chi connectivity index (χ1v) is 9.82. The van der Waals surface area contributed by atoms with E-state index in [9.17, 15) is 18.0 Å². The van der Waals surface area contributed by atoms with Crippen LogP contribution in [0.25, 0.3) is 0 Å². The van der Waals surface area contributed by atoms with Crippen LogP contribution < -0.4 is 20.7 Å². The third-order valence-corrected chi connectivity index (χ3v) is 5.02. The quantitative estimate of drug-likeness (QED) is 0.477. The van der Waals surface area contributed by atoms with Crippen LogP contribution in [0.1, 0.15) is 26.7 Å². The minimum absolute atomic E-state index is 0.0940. The van der Waals surface area contributed by atoms with E-state index in [1.165, 1.54) is 30.3 Å². The summed E-state index contributed by atoms with van der Waals surface area (Å²) in [5.41, 5.74) is 7.33. The third kappa shape index (κ3) is 5.21. The molecule has 0 fully saturated rings. The normalized spacial score (nSPS) is 11.0. The molecule has 0 saturated carbocycles. The molecule has 9 nitrogen and oxygen atoms in total. The van der Waals surface area contributed by atoms with Gasteiger partial charge in [0.2, 0.25) is 5.91 Å². The highest BCUT2D eigenvalue weighted by Gasteiger charge is 2.18. The Kier molecular flexibility index (Phi) is 5.96. The number of furan rings is 1. The minimum atomic E-state index is -4.05. The van der Waals surface area contributed by atoms with Gasteiger partial charge in [0, 0.05) is 5.56 Å². The van der Waals surface area contributed by atoms with Gasteiger partial charge in [-0.3, -0.25) is 15.0 Å². The van der Waals surface area contributed by atoms with Crippen molar-refractivity contribution in [1.29, 1.82) is 0 Å². The van der Waals surface area contributed by atoms with Crippen LogP contribution in [0, 0.1) is 0 Å². The summed E-state index contributed by atoms with van der Waals surface area (Å²) in [6, 6.07) is 16.9. The predicted octanol–water partition coefficient (Wildman–Crippen LogP) is 1.58. The number of hydrazine groups is 1. The van der Waals surface area contributed by atoms with Gasteiger partial charge in [0.25, 0.3) is 10.0 Å². The van der Waals surface area contributed by atoms with E-state index in [0.29, 0.717) is 11.5 Å². The Hall–Kier alpha value is -3.63. The van der Waals surface area contributed by atoms with Gasteiger partial charge in [-0.1, -0.05) is 18.2 Å². The zero-order valence-corrected chi connectivity index (χ0v) is 15.8. The number of carbonyl (C=O) groups excluding carboxylic acids is 2. The van der Waals surface area contributed by atoms with Crippen LogP contribution in [0.15, 0.2) is 76.0 Å². The molecule has 10 heteroatoms. The monoisotopic (exact) mass is 415 g/mol. The van der Waals surface area contributed by atoms with E-state index in [2.05, 4.69) is 5.43 Å². The van der Waals surface area contributed by atoms with Gasteiger partial charge >= 0.3 is 5.91 Å². The Bertz CT molecular complexity index is 1110. The Labute approximate surface area is 166 Å². The molecule has 1 aromatic heterocycles. The van der Waals surface area contributed by atoms with Gasteiger partial charge in [-0.2, -0.15) is 0 Å². The van der Waals surface area contributed by atoms with Crippen molar-refractivity contribution in [3.8, 4) is 5.75 Å². The van der Waals surface area contributed by atoms with E-state index >= 15 is 0 Å². The van der Waals surface area contributed by atoms with Gasteiger partial charge in [-0.25, -0.2) is 8.42 Å². The topological polar surface area (TPSA) is 141 Å². The molecule has 1 heterocycles. The first kappa shape index (κ1) is 20.1. The van der Waals surface area contributed by atoms with Crippen LogP contribution in [-0.4, -0.2) is 20.2 Å². The molecule has 0 aliphatic rings. The fourth-order valence-electron chi connectivity index (χ4n) is 2.28. The lowest BCUT2D eigenvalue weighted by Crippen LogP contribution is -2.41. The van der Waals surface area contributed by atoms with E-state index in [0.717, 1.165) is 0 Å². The van der Waals surface area contributed by atoms with Gasteiger partial charge in [-0.15, -0.1) is 4.83 Å². The van der Waals surface area contributed by atoms with Gasteiger partial charge in [0.15, 0.2) is 5.76 Å². The number of amides is 2. The van der Waals surface area contributed by atoms with Gasteiger partial charge in [-0.05, 0) is 48.5 Å². The average molecular weight is 415 g/mol. The zero-order valence-electron chi connectivity index (χ0n) is 15.0. The Balaban J connectivity index is 1.57. The van der Waals surface area contributed by atoms with Crippen molar-refractivity contribution < 1.29 is 27.2 Å². The van der Waals surface area contributed by atoms with Crippen molar-refractivity contribution >= 4 is 21.8 Å². The molecule has 0 atom stereocenters. The molecule has 0 saturated heterocycles. The number of nitrogens with one attached hydrogen (secondary N) is 2. The minimum Gasteiger partial charge on any atom is -0.486 e. The lowest BCUT2D eigenvalue weighted by atomic mass is 10.2. The molecule has 4 N–H and O–H groups in total. The molecule has 0 unspecified atom stereocenters. The van der Waals surface area contributed by atoms with E-state index in [1.54, 1.807) is 18.2 Å². The molecular weight excluding hydrogens is 398 g/mol. The lowest BCUT2D eigenvalue weighted by Gasteiger charge is -2.08. The second-order valence-corrected chi connectivity index (χ2v) is 7.50. The number of hydrogen-bond acceptors (Lipinski definition) is 6. The maximum absolute atomic E-state index is 12.2. The maximum Gasteiger partial charge on any atom is 0.301 e. The van der Waals surface area contributed by atoms with Crippen molar-refractivity contribution in [2.45, 2.75) is 11.5 Å². The van der Waals surface area contributed by atoms with E-state index in [-0.39, 0.29) is 22.8 Å². The van der Waals surface area contributed by atoms with Gasteiger partial charge < -0.3 is 14.9 Å². The molecule has 3 aromatic rings. The van der Waals surface area contributed by atoms with E-state index in [4.69, 9.17) is 14.9 Å². The molecule has 0 bridgehead atoms. The largest absolute Gasteiger partial charge is 0.486 e. The fraction of sp³-hybridized carbons (Fsp3) is 0.0526. The Morgan fingerprint density at radius 1 is 0.966 bits per heavy atom. The highest BCUT2D eigenvalue weighted by Crippen LogP contribution is 2.14. The summed E-state index contributed by atoms with van der Waals surface area (Å²) in [6.45, 7) is 0.106. The lowest BCUT2D eigenvalue weighted by molar-refractivity contribution is 0.0912. The number of hydrogen-bond donors (Lipinski definition) is 3. The SMILES string of the molecule is NC(=O)c1ccc(S(=O)(=O)NNC(=O)c2ccc(COc3ccccc3)o2)cc1. The number of para-hydroxylation sites is 1. The van der Waals surface area contributed by atoms with Crippen LogP contribution in [0.2, 0.25) is 0 Å². The van der Waals surface area contributed by atoms with Gasteiger partial charge in [0.1, 0.15) is 18.1 Å². The number of sulfonamides is 1. The summed E-state index contributed by atoms with van der Waals surface area (Å²) in [5.74, 6) is -0.522. The molecular formula is C19H17N3O6S. The van der Waals surface area contributed by atoms with Crippen LogP contribution >= 0.6 is 0 Å². The number of ether oxygens (including phenoxy) is 1. The average Bonchev–Trinajstić information content (AvgIpc) is 3.20. The molecule has 0 aliphatic heterocycles. The fourth-order valence-corrected chi connectivity index (χ4v) is 3.12. The molecule has 0 aliphatic carbocycles. The highest BCUT2D eigenvalue weighted by molar-refractivity contribution is 7.89. The number of nitrogens with two attached hydrogens (primary N) is 1. The number of primary amides is 1. The predicted molar refractivity (Wildman–Crippen MR) is 102 cm³/mol. The molecule has 2 amide bonds. The number of benzene rings is 2. The highest BCUT2D eigenvalue weighted by atomic mass is 32.2. The zero-order chi connectivity index (χ0) is 20.9. The molecule has 29 heavy (non-hydrogen) atoms. The second kappa shape index (κ2) is 8.59. The first-order chi connectivity index (χ1) is 13.8. The Morgan fingerprint density at radius 2 is 1.66 bits per heavy atom. The Morgan fingerprint density at radius 3 is 2.31 bits per heavy atom. The summed E-state index contributed by atoms with van der Waals surface area (Å²) in [7, 11) is -4.05. The van der Waals surface area contributed by atoms with Gasteiger partial charge in [0.05, 0.1) is 4.90 Å². The van der Waals surface area contributed by atoms with E-state index < -0.39 is 21.8 Å². The molecule has 150 valence electrons. The molecule has 0 radical (unpaired) electrons. The van der Waals surface area contributed by atoms with Crippen LogP contribution in [0.5, 0.6) is 5.75 Å². The summed E-state index contributed by atoms with van der Waals surface area (Å²) in [5, 5.41) is 0. The summed E-state index contributed by atoms with van der Waals surface area (Å²) >= 11 is 0. The molecule has 2 aromatic carbocycles. The molecule has 0 spiro atoms. The third-order valence-electron chi connectivity index (χ3n) is 3.76. The van der Waals surface area contributed by atoms with Crippen molar-refractivity contribution in [2.24, 2.45) is 5.73 Å².